The number of amides is 2. The summed E-state index contributed by atoms with van der Waals surface area (Å²) in [5.41, 5.74) is 0.736. The third-order valence-electron chi connectivity index (χ3n) is 4.14. The fourth-order valence-electron chi connectivity index (χ4n) is 2.41. The summed E-state index contributed by atoms with van der Waals surface area (Å²) < 4.78 is 18.2. The maximum Gasteiger partial charge on any atom is 0.346 e. The smallest absolute Gasteiger partial charge is 0.346 e. The van der Waals surface area contributed by atoms with Crippen molar-refractivity contribution in [1.29, 1.82) is 0 Å². The number of carbonyl (C=O) groups is 3. The average Bonchev–Trinajstić information content (AvgIpc) is 3.50. The van der Waals surface area contributed by atoms with E-state index in [1.165, 1.54) is 36.4 Å². The molecule has 0 heterocycles. The van der Waals surface area contributed by atoms with Crippen molar-refractivity contribution in [3.8, 4) is 5.75 Å². The van der Waals surface area contributed by atoms with Gasteiger partial charge in [0.2, 0.25) is 6.10 Å². The number of carbonyl (C=O) groups excluding carboxylic acids is 2. The minimum Gasteiger partial charge on any atom is -0.478 e. The Labute approximate surface area is 160 Å². The highest BCUT2D eigenvalue weighted by Crippen LogP contribution is 2.19. The average molecular weight is 386 g/mol. The molecule has 1 aliphatic carbocycles. The molecule has 0 aliphatic heterocycles. The second-order valence-corrected chi connectivity index (χ2v) is 6.43. The Balaban J connectivity index is 1.55. The second kappa shape index (κ2) is 8.51. The Hall–Kier alpha value is -3.42. The predicted molar refractivity (Wildman–Crippen MR) is 97.7 cm³/mol. The molecule has 1 saturated carbocycles. The van der Waals surface area contributed by atoms with Gasteiger partial charge in [0, 0.05) is 17.2 Å². The Bertz CT molecular complexity index is 863. The summed E-state index contributed by atoms with van der Waals surface area (Å²) in [6.45, 7) is -0.282. The van der Waals surface area contributed by atoms with Crippen LogP contribution in [0.25, 0.3) is 0 Å². The van der Waals surface area contributed by atoms with Gasteiger partial charge in [0.25, 0.3) is 11.8 Å². The van der Waals surface area contributed by atoms with E-state index in [1.54, 1.807) is 0 Å². The topological polar surface area (TPSA) is 105 Å². The van der Waals surface area contributed by atoms with Crippen molar-refractivity contribution in [1.82, 2.24) is 10.6 Å². The van der Waals surface area contributed by atoms with Crippen LogP contribution in [-0.2, 0) is 4.79 Å². The molecule has 2 aromatic carbocycles. The van der Waals surface area contributed by atoms with Gasteiger partial charge in [-0.3, -0.25) is 9.59 Å². The van der Waals surface area contributed by atoms with Gasteiger partial charge >= 0.3 is 5.97 Å². The van der Waals surface area contributed by atoms with E-state index in [1.807, 2.05) is 0 Å². The minimum absolute atomic E-state index is 0.175. The first-order valence-electron chi connectivity index (χ1n) is 8.76. The molecule has 3 N–H and O–H groups in total. The van der Waals surface area contributed by atoms with E-state index < -0.39 is 23.8 Å². The van der Waals surface area contributed by atoms with E-state index in [-0.39, 0.29) is 29.8 Å². The quantitative estimate of drug-likeness (QED) is 0.644. The normalized spacial score (nSPS) is 14.0. The SMILES string of the molecule is O=C(NCC(Oc1ccc(F)cc1)C(=O)O)c1ccc(C(=O)NC2CC2)cc1. The second-order valence-electron chi connectivity index (χ2n) is 6.43. The summed E-state index contributed by atoms with van der Waals surface area (Å²) in [7, 11) is 0. The summed E-state index contributed by atoms with van der Waals surface area (Å²) in [6.07, 6.45) is 0.631. The Morgan fingerprint density at radius 3 is 2.11 bits per heavy atom. The molecule has 1 unspecified atom stereocenters. The lowest BCUT2D eigenvalue weighted by Crippen LogP contribution is -2.40. The molecule has 2 aromatic rings. The minimum atomic E-state index is -1.34. The van der Waals surface area contributed by atoms with Gasteiger partial charge in [0.05, 0.1) is 6.54 Å². The summed E-state index contributed by atoms with van der Waals surface area (Å²) in [6, 6.07) is 11.2. The van der Waals surface area contributed by atoms with E-state index in [0.29, 0.717) is 5.56 Å². The Morgan fingerprint density at radius 1 is 1.00 bits per heavy atom. The lowest BCUT2D eigenvalue weighted by Gasteiger charge is -2.16. The van der Waals surface area contributed by atoms with Crippen LogP contribution in [0.1, 0.15) is 33.6 Å². The van der Waals surface area contributed by atoms with Crippen LogP contribution >= 0.6 is 0 Å². The number of nitrogens with one attached hydrogen (secondary N) is 2. The van der Waals surface area contributed by atoms with Crippen molar-refractivity contribution in [2.24, 2.45) is 0 Å². The number of ether oxygens (including phenoxy) is 1. The lowest BCUT2D eigenvalue weighted by atomic mass is 10.1. The third-order valence-corrected chi connectivity index (χ3v) is 4.14. The monoisotopic (exact) mass is 386 g/mol. The molecule has 0 aromatic heterocycles. The number of rotatable bonds is 8. The molecule has 146 valence electrons. The molecule has 7 nitrogen and oxygen atoms in total. The zero-order chi connectivity index (χ0) is 20.1. The van der Waals surface area contributed by atoms with Crippen LogP contribution in [-0.4, -0.2) is 41.6 Å². The number of carboxylic acid groups (broad SMARTS) is 1. The summed E-state index contributed by atoms with van der Waals surface area (Å²) in [4.78, 5) is 35.5. The lowest BCUT2D eigenvalue weighted by molar-refractivity contribution is -0.144. The highest BCUT2D eigenvalue weighted by molar-refractivity contribution is 5.98. The first-order chi connectivity index (χ1) is 13.4. The maximum absolute atomic E-state index is 12.9. The highest BCUT2D eigenvalue weighted by Gasteiger charge is 2.24. The fourth-order valence-corrected chi connectivity index (χ4v) is 2.41. The molecular formula is C20H19FN2O5. The van der Waals surface area contributed by atoms with Crippen molar-refractivity contribution in [2.75, 3.05) is 6.54 Å². The van der Waals surface area contributed by atoms with Gasteiger partial charge in [-0.05, 0) is 61.4 Å². The molecule has 0 radical (unpaired) electrons. The zero-order valence-electron chi connectivity index (χ0n) is 14.9. The van der Waals surface area contributed by atoms with Gasteiger partial charge in [-0.2, -0.15) is 0 Å². The molecule has 3 rings (SSSR count). The highest BCUT2D eigenvalue weighted by atomic mass is 19.1. The molecule has 2 amide bonds. The van der Waals surface area contributed by atoms with E-state index in [0.717, 1.165) is 25.0 Å². The summed E-state index contributed by atoms with van der Waals surface area (Å²) in [5.74, 6) is -2.25. The molecule has 1 fully saturated rings. The van der Waals surface area contributed by atoms with Gasteiger partial charge in [0.15, 0.2) is 0 Å². The van der Waals surface area contributed by atoms with Crippen LogP contribution < -0.4 is 15.4 Å². The number of hydrogen-bond acceptors (Lipinski definition) is 4. The van der Waals surface area contributed by atoms with Crippen LogP contribution in [0.15, 0.2) is 48.5 Å². The van der Waals surface area contributed by atoms with Crippen molar-refractivity contribution >= 4 is 17.8 Å². The van der Waals surface area contributed by atoms with E-state index in [2.05, 4.69) is 10.6 Å². The van der Waals surface area contributed by atoms with Crippen LogP contribution in [0.3, 0.4) is 0 Å². The van der Waals surface area contributed by atoms with Gasteiger partial charge in [0.1, 0.15) is 11.6 Å². The number of aliphatic carboxylic acids is 1. The molecule has 0 bridgehead atoms. The van der Waals surface area contributed by atoms with Gasteiger partial charge in [-0.1, -0.05) is 0 Å². The Morgan fingerprint density at radius 2 is 1.57 bits per heavy atom. The third kappa shape index (κ3) is 5.29. The summed E-state index contributed by atoms with van der Waals surface area (Å²) in [5, 5.41) is 14.6. The number of hydrogen-bond donors (Lipinski definition) is 3. The Kier molecular flexibility index (Phi) is 5.88. The number of halogens is 1. The van der Waals surface area contributed by atoms with E-state index >= 15 is 0 Å². The standard InChI is InChI=1S/C20H19FN2O5/c21-14-5-9-16(10-6-14)28-17(20(26)27)11-22-18(24)12-1-3-13(4-2-12)19(25)23-15-7-8-15/h1-6,9-10,15,17H,7-8,11H2,(H,22,24)(H,23,25)(H,26,27). The van der Waals surface area contributed by atoms with E-state index in [4.69, 9.17) is 4.74 Å². The van der Waals surface area contributed by atoms with Crippen molar-refractivity contribution in [3.05, 3.63) is 65.5 Å². The number of benzene rings is 2. The molecule has 0 spiro atoms. The van der Waals surface area contributed by atoms with Gasteiger partial charge in [-0.15, -0.1) is 0 Å². The van der Waals surface area contributed by atoms with Crippen LogP contribution in [0.5, 0.6) is 5.75 Å². The molecule has 1 aliphatic rings. The van der Waals surface area contributed by atoms with Crippen molar-refractivity contribution in [3.63, 3.8) is 0 Å². The van der Waals surface area contributed by atoms with Gasteiger partial charge < -0.3 is 20.5 Å². The van der Waals surface area contributed by atoms with E-state index in [9.17, 15) is 23.9 Å². The van der Waals surface area contributed by atoms with Crippen LogP contribution in [0, 0.1) is 5.82 Å². The van der Waals surface area contributed by atoms with Gasteiger partial charge in [-0.25, -0.2) is 9.18 Å². The molecule has 28 heavy (non-hydrogen) atoms. The molecule has 8 heteroatoms. The number of carboxylic acids is 1. The van der Waals surface area contributed by atoms with Crippen molar-refractivity contribution in [2.45, 2.75) is 25.0 Å². The maximum atomic E-state index is 12.9. The summed E-state index contributed by atoms with van der Waals surface area (Å²) >= 11 is 0. The fraction of sp³-hybridized carbons (Fsp3) is 0.250. The predicted octanol–water partition coefficient (Wildman–Crippen LogP) is 1.98. The van der Waals surface area contributed by atoms with Crippen molar-refractivity contribution < 1.29 is 28.6 Å². The van der Waals surface area contributed by atoms with Crippen LogP contribution in [0.4, 0.5) is 4.39 Å². The molecule has 0 saturated heterocycles. The first kappa shape index (κ1) is 19.3. The van der Waals surface area contributed by atoms with Crippen LogP contribution in [0.2, 0.25) is 0 Å². The first-order valence-corrected chi connectivity index (χ1v) is 8.76. The molecular weight excluding hydrogens is 367 g/mol. The zero-order valence-corrected chi connectivity index (χ0v) is 14.9. The molecule has 1 atom stereocenters. The largest absolute Gasteiger partial charge is 0.478 e.